The molecular weight excluding hydrogens is 302 g/mol. The molecule has 1 unspecified atom stereocenters. The Kier molecular flexibility index (Phi) is 4.82. The van der Waals surface area contributed by atoms with Gasteiger partial charge in [0.15, 0.2) is 10.9 Å². The van der Waals surface area contributed by atoms with Gasteiger partial charge in [-0.25, -0.2) is 9.97 Å². The fraction of sp³-hybridized carbons (Fsp3) is 0.500. The number of carboxylic acids is 1. The van der Waals surface area contributed by atoms with E-state index in [-0.39, 0.29) is 29.1 Å². The number of hydrogen-bond acceptors (Lipinski definition) is 5. The van der Waals surface area contributed by atoms with Crippen LogP contribution in [0.1, 0.15) is 29.8 Å². The van der Waals surface area contributed by atoms with Crippen molar-refractivity contribution in [3.05, 3.63) is 16.9 Å². The Morgan fingerprint density at radius 1 is 1.60 bits per heavy atom. The number of carbonyl (C=O) groups excluding carboxylic acids is 1. The lowest BCUT2D eigenvalue weighted by Gasteiger charge is -2.16. The summed E-state index contributed by atoms with van der Waals surface area (Å²) in [4.78, 5) is 31.0. The average Bonchev–Trinajstić information content (AvgIpc) is 3.22. The molecule has 8 heteroatoms. The van der Waals surface area contributed by atoms with Crippen LogP contribution in [0.2, 0.25) is 5.02 Å². The van der Waals surface area contributed by atoms with E-state index in [4.69, 9.17) is 16.7 Å². The summed E-state index contributed by atoms with van der Waals surface area (Å²) >= 11 is 7.22. The van der Waals surface area contributed by atoms with Crippen molar-refractivity contribution in [2.75, 3.05) is 6.26 Å². The van der Waals surface area contributed by atoms with Crippen molar-refractivity contribution in [3.8, 4) is 0 Å². The van der Waals surface area contributed by atoms with Crippen molar-refractivity contribution in [1.82, 2.24) is 15.3 Å². The van der Waals surface area contributed by atoms with Gasteiger partial charge in [-0.3, -0.25) is 9.59 Å². The van der Waals surface area contributed by atoms with Gasteiger partial charge in [-0.15, -0.1) is 0 Å². The molecule has 0 bridgehead atoms. The van der Waals surface area contributed by atoms with Crippen molar-refractivity contribution in [2.45, 2.75) is 30.5 Å². The number of aliphatic carboxylic acids is 1. The Morgan fingerprint density at radius 2 is 2.30 bits per heavy atom. The Labute approximate surface area is 125 Å². The highest BCUT2D eigenvalue weighted by molar-refractivity contribution is 7.98. The van der Waals surface area contributed by atoms with Gasteiger partial charge in [-0.05, 0) is 25.0 Å². The minimum absolute atomic E-state index is 0.0852. The number of thioether (sulfide) groups is 1. The molecule has 20 heavy (non-hydrogen) atoms. The number of carboxylic acid groups (broad SMARTS) is 1. The summed E-state index contributed by atoms with van der Waals surface area (Å²) in [7, 11) is 0. The van der Waals surface area contributed by atoms with E-state index in [9.17, 15) is 9.59 Å². The highest BCUT2D eigenvalue weighted by Crippen LogP contribution is 2.34. The van der Waals surface area contributed by atoms with Gasteiger partial charge in [0, 0.05) is 6.04 Å². The Bertz CT molecular complexity index is 537. The molecule has 0 aromatic carbocycles. The van der Waals surface area contributed by atoms with E-state index in [1.54, 1.807) is 6.26 Å². The van der Waals surface area contributed by atoms with E-state index in [1.165, 1.54) is 18.0 Å². The lowest BCUT2D eigenvalue weighted by atomic mass is 10.1. The maximum atomic E-state index is 12.2. The molecule has 108 valence electrons. The van der Waals surface area contributed by atoms with Gasteiger partial charge in [0.1, 0.15) is 0 Å². The first kappa shape index (κ1) is 15.1. The van der Waals surface area contributed by atoms with Crippen LogP contribution in [0.4, 0.5) is 0 Å². The van der Waals surface area contributed by atoms with E-state index < -0.39 is 11.9 Å². The van der Waals surface area contributed by atoms with Crippen molar-refractivity contribution < 1.29 is 14.7 Å². The molecule has 2 N–H and O–H groups in total. The van der Waals surface area contributed by atoms with Crippen molar-refractivity contribution in [2.24, 2.45) is 5.92 Å². The zero-order valence-electron chi connectivity index (χ0n) is 10.8. The van der Waals surface area contributed by atoms with E-state index in [0.29, 0.717) is 5.16 Å². The first-order chi connectivity index (χ1) is 9.51. The maximum absolute atomic E-state index is 12.2. The molecule has 6 nitrogen and oxygen atoms in total. The quantitative estimate of drug-likeness (QED) is 0.614. The van der Waals surface area contributed by atoms with E-state index in [0.717, 1.165) is 12.8 Å². The summed E-state index contributed by atoms with van der Waals surface area (Å²) < 4.78 is 0. The molecular formula is C12H14ClN3O3S. The maximum Gasteiger partial charge on any atom is 0.305 e. The molecule has 1 atom stereocenters. The first-order valence-corrected chi connectivity index (χ1v) is 7.70. The lowest BCUT2D eigenvalue weighted by molar-refractivity contribution is -0.137. The summed E-state index contributed by atoms with van der Waals surface area (Å²) in [5.74, 6) is -1.15. The molecule has 1 aliphatic carbocycles. The highest BCUT2D eigenvalue weighted by atomic mass is 35.5. The monoisotopic (exact) mass is 315 g/mol. The third-order valence-electron chi connectivity index (χ3n) is 3.02. The summed E-state index contributed by atoms with van der Waals surface area (Å²) in [5.41, 5.74) is 0.0852. The summed E-state index contributed by atoms with van der Waals surface area (Å²) in [6.45, 7) is 0. The van der Waals surface area contributed by atoms with Gasteiger partial charge < -0.3 is 10.4 Å². The lowest BCUT2D eigenvalue weighted by Crippen LogP contribution is -2.38. The number of carbonyl (C=O) groups is 2. The van der Waals surface area contributed by atoms with Crippen molar-refractivity contribution in [1.29, 1.82) is 0 Å². The molecule has 1 aromatic rings. The topological polar surface area (TPSA) is 92.2 Å². The minimum atomic E-state index is -0.930. The predicted octanol–water partition coefficient (Wildman–Crippen LogP) is 1.83. The van der Waals surface area contributed by atoms with Crippen LogP contribution in [-0.4, -0.2) is 39.2 Å². The number of aromatic nitrogens is 2. The van der Waals surface area contributed by atoms with Crippen LogP contribution in [0.25, 0.3) is 0 Å². The van der Waals surface area contributed by atoms with E-state index in [1.807, 2.05) is 0 Å². The van der Waals surface area contributed by atoms with Gasteiger partial charge in [0.25, 0.3) is 5.91 Å². The van der Waals surface area contributed by atoms with Gasteiger partial charge in [0.2, 0.25) is 0 Å². The number of amides is 1. The Morgan fingerprint density at radius 3 is 2.85 bits per heavy atom. The predicted molar refractivity (Wildman–Crippen MR) is 75.1 cm³/mol. The molecule has 2 rings (SSSR count). The zero-order valence-corrected chi connectivity index (χ0v) is 12.4. The summed E-state index contributed by atoms with van der Waals surface area (Å²) in [5, 5.41) is 12.2. The summed E-state index contributed by atoms with van der Waals surface area (Å²) in [6.07, 6.45) is 4.95. The van der Waals surface area contributed by atoms with Crippen molar-refractivity contribution >= 4 is 35.2 Å². The molecule has 1 heterocycles. The van der Waals surface area contributed by atoms with Crippen molar-refractivity contribution in [3.63, 3.8) is 0 Å². The third kappa shape index (κ3) is 3.83. The Hall–Kier alpha value is -1.34. The fourth-order valence-electron chi connectivity index (χ4n) is 1.87. The highest BCUT2D eigenvalue weighted by Gasteiger charge is 2.34. The normalized spacial score (nSPS) is 15.7. The van der Waals surface area contributed by atoms with Gasteiger partial charge in [0.05, 0.1) is 17.6 Å². The minimum Gasteiger partial charge on any atom is -0.481 e. The molecule has 1 aliphatic rings. The van der Waals surface area contributed by atoms with E-state index >= 15 is 0 Å². The van der Waals surface area contributed by atoms with Crippen LogP contribution >= 0.6 is 23.4 Å². The molecule has 0 saturated heterocycles. The largest absolute Gasteiger partial charge is 0.481 e. The molecule has 0 spiro atoms. The second-order valence-corrected chi connectivity index (χ2v) is 5.75. The van der Waals surface area contributed by atoms with E-state index in [2.05, 4.69) is 15.3 Å². The second kappa shape index (κ2) is 6.41. The first-order valence-electron chi connectivity index (χ1n) is 6.10. The molecule has 0 radical (unpaired) electrons. The molecule has 1 aromatic heterocycles. The van der Waals surface area contributed by atoms with Crippen LogP contribution in [0.15, 0.2) is 11.4 Å². The van der Waals surface area contributed by atoms with Gasteiger partial charge >= 0.3 is 5.97 Å². The number of nitrogens with one attached hydrogen (secondary N) is 1. The molecule has 1 saturated carbocycles. The second-order valence-electron chi connectivity index (χ2n) is 4.57. The number of halogens is 1. The standard InChI is InChI=1S/C12H14ClN3O3S/c1-20-12-14-5-7(13)10(16-12)11(19)15-8(4-9(17)18)6-2-3-6/h5-6,8H,2-4H2,1H3,(H,15,19)(H,17,18). The smallest absolute Gasteiger partial charge is 0.305 e. The van der Waals surface area contributed by atoms with Crippen LogP contribution in [-0.2, 0) is 4.79 Å². The third-order valence-corrected chi connectivity index (χ3v) is 3.86. The van der Waals surface area contributed by atoms with Crippen LogP contribution in [0.5, 0.6) is 0 Å². The van der Waals surface area contributed by atoms with Crippen LogP contribution < -0.4 is 5.32 Å². The van der Waals surface area contributed by atoms with Gasteiger partial charge in [-0.2, -0.15) is 0 Å². The van der Waals surface area contributed by atoms with Gasteiger partial charge in [-0.1, -0.05) is 23.4 Å². The fourth-order valence-corrected chi connectivity index (χ4v) is 2.39. The zero-order chi connectivity index (χ0) is 14.7. The van der Waals surface area contributed by atoms with Crippen LogP contribution in [0.3, 0.4) is 0 Å². The number of nitrogens with zero attached hydrogens (tertiary/aromatic N) is 2. The number of rotatable bonds is 6. The molecule has 1 amide bonds. The molecule has 1 fully saturated rings. The average molecular weight is 316 g/mol. The SMILES string of the molecule is CSc1ncc(Cl)c(C(=O)NC(CC(=O)O)C2CC2)n1. The number of hydrogen-bond donors (Lipinski definition) is 2. The molecule has 0 aliphatic heterocycles. The Balaban J connectivity index is 2.11. The van der Waals surface area contributed by atoms with Crippen LogP contribution in [0, 0.1) is 5.92 Å². The summed E-state index contributed by atoms with van der Waals surface area (Å²) in [6, 6.07) is -0.372.